The summed E-state index contributed by atoms with van der Waals surface area (Å²) in [5.41, 5.74) is 2.75. The van der Waals surface area contributed by atoms with Crippen LogP contribution in [0, 0.1) is 17.8 Å². The standard InChI is InChI=1S/C59H50N4O8/c1-37(40-15-7-3-8-16-40)61-58(69)62-48-34-27-39(24-23-38-25-32-46(70-2)33-26-38)35-47(48)59(57(62)68)50(55(66)60-36-49(65)41-17-9-4-10-18-41)52-56(67)71-53(43-21-13-6-14-22-43)51(42-19-11-5-12-20-42)63(52)54(59)44-28-30-45(64)31-29-44/h3-22,25-35,37,49-54,64-65H,36H2,1-2H3,(H,60,66)(H,61,69)/t37-,49+,50-,51-,52-,53+,54+,59-/m1/s1. The van der Waals surface area contributed by atoms with E-state index in [4.69, 9.17) is 9.47 Å². The van der Waals surface area contributed by atoms with Gasteiger partial charge in [0.1, 0.15) is 29.1 Å². The molecule has 354 valence electrons. The average molecular weight is 943 g/mol. The van der Waals surface area contributed by atoms with E-state index in [0.29, 0.717) is 33.6 Å². The van der Waals surface area contributed by atoms with Crippen molar-refractivity contribution < 1.29 is 38.9 Å². The van der Waals surface area contributed by atoms with Crippen molar-refractivity contribution >= 4 is 29.5 Å². The maximum absolute atomic E-state index is 16.6. The molecule has 0 aromatic heterocycles. The molecule has 4 amide bonds. The summed E-state index contributed by atoms with van der Waals surface area (Å²) < 4.78 is 11.9. The average Bonchev–Trinajstić information content (AvgIpc) is 3.87. The minimum absolute atomic E-state index is 0.0495. The molecule has 10 rings (SSSR count). The number of carbonyl (C=O) groups is 4. The van der Waals surface area contributed by atoms with Crippen molar-refractivity contribution in [2.24, 2.45) is 5.92 Å². The predicted octanol–water partition coefficient (Wildman–Crippen LogP) is 8.79. The molecule has 3 aliphatic heterocycles. The molecule has 2 fully saturated rings. The molecule has 8 atom stereocenters. The number of morpholine rings is 1. The lowest BCUT2D eigenvalue weighted by Crippen LogP contribution is -2.56. The Bertz CT molecular complexity index is 3150. The monoisotopic (exact) mass is 942 g/mol. The highest BCUT2D eigenvalue weighted by atomic mass is 16.6. The predicted molar refractivity (Wildman–Crippen MR) is 267 cm³/mol. The molecule has 2 saturated heterocycles. The lowest BCUT2D eigenvalue weighted by atomic mass is 9.65. The summed E-state index contributed by atoms with van der Waals surface area (Å²) in [5.74, 6) is 3.22. The highest BCUT2D eigenvalue weighted by Crippen LogP contribution is 2.66. The van der Waals surface area contributed by atoms with Crippen molar-refractivity contribution in [1.82, 2.24) is 15.5 Å². The van der Waals surface area contributed by atoms with Crippen LogP contribution in [-0.2, 0) is 24.5 Å². The van der Waals surface area contributed by atoms with Crippen molar-refractivity contribution in [2.75, 3.05) is 18.6 Å². The summed E-state index contributed by atoms with van der Waals surface area (Å²) in [7, 11) is 1.58. The number of benzene rings is 7. The molecule has 4 N–H and O–H groups in total. The van der Waals surface area contributed by atoms with E-state index in [0.717, 1.165) is 16.0 Å². The van der Waals surface area contributed by atoms with Gasteiger partial charge in [-0.05, 0) is 94.9 Å². The Labute approximate surface area is 411 Å². The van der Waals surface area contributed by atoms with E-state index in [1.54, 1.807) is 73.8 Å². The van der Waals surface area contributed by atoms with Gasteiger partial charge < -0.3 is 30.3 Å². The fourth-order valence-corrected chi connectivity index (χ4v) is 10.6. The molecule has 7 aromatic carbocycles. The number of aromatic hydroxyl groups is 1. The molecule has 0 bridgehead atoms. The van der Waals surface area contributed by atoms with Gasteiger partial charge in [-0.3, -0.25) is 19.3 Å². The zero-order chi connectivity index (χ0) is 49.2. The van der Waals surface area contributed by atoms with Crippen LogP contribution in [-0.4, -0.2) is 58.6 Å². The number of carbonyl (C=O) groups excluding carboxylic acids is 4. The fourth-order valence-electron chi connectivity index (χ4n) is 10.6. The van der Waals surface area contributed by atoms with Crippen molar-refractivity contribution in [3.8, 4) is 23.3 Å². The molecule has 0 saturated carbocycles. The number of hydrogen-bond acceptors (Lipinski definition) is 9. The van der Waals surface area contributed by atoms with Crippen LogP contribution >= 0.6 is 0 Å². The van der Waals surface area contributed by atoms with Crippen molar-refractivity contribution in [3.63, 3.8) is 0 Å². The number of esters is 1. The third-order valence-electron chi connectivity index (χ3n) is 13.9. The van der Waals surface area contributed by atoms with Gasteiger partial charge in [0, 0.05) is 17.7 Å². The van der Waals surface area contributed by atoms with Gasteiger partial charge in [-0.15, -0.1) is 0 Å². The molecule has 0 unspecified atom stereocenters. The normalized spacial score (nSPS) is 22.0. The Morgan fingerprint density at radius 2 is 1.28 bits per heavy atom. The number of rotatable bonds is 10. The molecule has 0 radical (unpaired) electrons. The molecular formula is C59H50N4O8. The van der Waals surface area contributed by atoms with Crippen LogP contribution in [0.4, 0.5) is 10.5 Å². The number of nitrogens with zero attached hydrogens (tertiary/aromatic N) is 2. The lowest BCUT2D eigenvalue weighted by Gasteiger charge is -2.46. The first-order valence-electron chi connectivity index (χ1n) is 23.5. The minimum atomic E-state index is -2.08. The number of amides is 4. The fraction of sp³-hybridized carbons (Fsp3) is 0.186. The Morgan fingerprint density at radius 1 is 0.704 bits per heavy atom. The Balaban J connectivity index is 1.23. The first-order valence-corrected chi connectivity index (χ1v) is 23.5. The smallest absolute Gasteiger partial charge is 0.329 e. The van der Waals surface area contributed by atoms with Crippen LogP contribution in [0.1, 0.15) is 81.8 Å². The number of ether oxygens (including phenoxy) is 2. The number of fused-ring (bicyclic) bond motifs is 3. The van der Waals surface area contributed by atoms with Crippen molar-refractivity contribution in [3.05, 3.63) is 233 Å². The van der Waals surface area contributed by atoms with Gasteiger partial charge in [0.25, 0.3) is 0 Å². The van der Waals surface area contributed by atoms with Gasteiger partial charge >= 0.3 is 12.0 Å². The Kier molecular flexibility index (Phi) is 12.7. The first-order chi connectivity index (χ1) is 34.6. The minimum Gasteiger partial charge on any atom is -0.508 e. The molecule has 12 nitrogen and oxygen atoms in total. The SMILES string of the molecule is COc1ccc(C#Cc2ccc3c(c2)[C@]2(C(=O)N3C(=O)N[C@H](C)c3ccccc3)[C@H](c3ccc(O)cc3)N3[C@H](c4ccccc4)[C@H](c4ccccc4)OC(=O)[C@H]3[C@@H]2C(=O)NC[C@H](O)c2ccccc2)cc1. The summed E-state index contributed by atoms with van der Waals surface area (Å²) in [5, 5.41) is 28.3. The Hall–Kier alpha value is -8.50. The molecular weight excluding hydrogens is 893 g/mol. The highest BCUT2D eigenvalue weighted by Gasteiger charge is 2.75. The van der Waals surface area contributed by atoms with E-state index in [1.165, 1.54) is 12.1 Å². The van der Waals surface area contributed by atoms with Gasteiger partial charge in [0.05, 0.1) is 42.9 Å². The largest absolute Gasteiger partial charge is 0.508 e. The van der Waals surface area contributed by atoms with Gasteiger partial charge in [0.15, 0.2) is 0 Å². The summed E-state index contributed by atoms with van der Waals surface area (Å²) in [6.45, 7) is 1.54. The summed E-state index contributed by atoms with van der Waals surface area (Å²) in [4.78, 5) is 66.0. The van der Waals surface area contributed by atoms with E-state index in [9.17, 15) is 10.2 Å². The summed E-state index contributed by atoms with van der Waals surface area (Å²) >= 11 is 0. The van der Waals surface area contributed by atoms with Crippen LogP contribution in [0.3, 0.4) is 0 Å². The molecule has 3 aliphatic rings. The zero-order valence-corrected chi connectivity index (χ0v) is 38.9. The number of methoxy groups -OCH3 is 1. The van der Waals surface area contributed by atoms with Crippen LogP contribution < -0.4 is 20.3 Å². The van der Waals surface area contributed by atoms with Crippen LogP contribution in [0.15, 0.2) is 188 Å². The van der Waals surface area contributed by atoms with Gasteiger partial charge in [-0.25, -0.2) is 9.69 Å². The van der Waals surface area contributed by atoms with Crippen LogP contribution in [0.5, 0.6) is 11.5 Å². The number of imide groups is 1. The molecule has 71 heavy (non-hydrogen) atoms. The van der Waals surface area contributed by atoms with Gasteiger partial charge in [-0.2, -0.15) is 0 Å². The van der Waals surface area contributed by atoms with E-state index in [1.807, 2.05) is 121 Å². The number of aliphatic hydroxyl groups is 1. The lowest BCUT2D eigenvalue weighted by molar-refractivity contribution is -0.178. The van der Waals surface area contributed by atoms with Gasteiger partial charge in [-0.1, -0.05) is 145 Å². The Morgan fingerprint density at radius 3 is 1.92 bits per heavy atom. The molecule has 12 heteroatoms. The maximum atomic E-state index is 16.6. The number of nitrogens with one attached hydrogen (secondary N) is 2. The van der Waals surface area contributed by atoms with E-state index in [2.05, 4.69) is 22.5 Å². The molecule has 0 aliphatic carbocycles. The van der Waals surface area contributed by atoms with E-state index >= 15 is 19.2 Å². The van der Waals surface area contributed by atoms with Crippen LogP contribution in [0.2, 0.25) is 0 Å². The third kappa shape index (κ3) is 8.45. The van der Waals surface area contributed by atoms with Crippen LogP contribution in [0.25, 0.3) is 0 Å². The number of anilines is 1. The molecule has 3 heterocycles. The van der Waals surface area contributed by atoms with Crippen molar-refractivity contribution in [2.45, 2.75) is 48.7 Å². The number of aliphatic hydroxyl groups excluding tert-OH is 1. The third-order valence-corrected chi connectivity index (χ3v) is 13.9. The number of hydrogen-bond donors (Lipinski definition) is 4. The second kappa shape index (κ2) is 19.5. The number of urea groups is 1. The van der Waals surface area contributed by atoms with Crippen molar-refractivity contribution in [1.29, 1.82) is 0 Å². The summed E-state index contributed by atoms with van der Waals surface area (Å²) in [6, 6.07) is 50.9. The van der Waals surface area contributed by atoms with E-state index in [-0.39, 0.29) is 23.5 Å². The molecule has 7 aromatic rings. The quantitative estimate of drug-likeness (QED) is 0.0778. The topological polar surface area (TPSA) is 158 Å². The number of phenols is 1. The highest BCUT2D eigenvalue weighted by molar-refractivity contribution is 6.24. The summed E-state index contributed by atoms with van der Waals surface area (Å²) in [6.07, 6.45) is -2.10. The molecule has 1 spiro atoms. The number of phenolic OH excluding ortho intramolecular Hbond substituents is 1. The first kappa shape index (κ1) is 46.2. The number of cyclic esters (lactones) is 1. The second-order valence-corrected chi connectivity index (χ2v) is 18.0. The second-order valence-electron chi connectivity index (χ2n) is 18.0. The van der Waals surface area contributed by atoms with Gasteiger partial charge in [0.2, 0.25) is 11.8 Å². The maximum Gasteiger partial charge on any atom is 0.329 e. The zero-order valence-electron chi connectivity index (χ0n) is 38.9. The van der Waals surface area contributed by atoms with E-state index < -0.39 is 71.5 Å².